The van der Waals surface area contributed by atoms with Gasteiger partial charge in [-0.25, -0.2) is 4.57 Å². The number of aliphatic hydroxyl groups is 5. The Kier molecular flexibility index (Phi) is 33.5. The van der Waals surface area contributed by atoms with Crippen molar-refractivity contribution >= 4 is 13.8 Å². The van der Waals surface area contributed by atoms with Crippen molar-refractivity contribution in [2.45, 2.75) is 249 Å². The van der Waals surface area contributed by atoms with E-state index in [1.807, 2.05) is 0 Å². The Hall–Kier alpha value is -0.660. The van der Waals surface area contributed by atoms with Gasteiger partial charge < -0.3 is 39.9 Å². The van der Waals surface area contributed by atoms with Crippen LogP contribution in [0.1, 0.15) is 206 Å². The van der Waals surface area contributed by atoms with Crippen LogP contribution in [-0.2, 0) is 27.9 Å². The summed E-state index contributed by atoms with van der Waals surface area (Å²) < 4.78 is 34.1. The van der Waals surface area contributed by atoms with Gasteiger partial charge in [0.05, 0.1) is 13.2 Å². The summed E-state index contributed by atoms with van der Waals surface area (Å²) in [6.45, 7) is 4.27. The van der Waals surface area contributed by atoms with Gasteiger partial charge in [-0.05, 0) is 12.8 Å². The van der Waals surface area contributed by atoms with Crippen LogP contribution >= 0.6 is 7.82 Å². The van der Waals surface area contributed by atoms with Gasteiger partial charge in [-0.1, -0.05) is 187 Å². The molecule has 0 heterocycles. The summed E-state index contributed by atoms with van der Waals surface area (Å²) in [6.07, 6.45) is 23.3. The second-order valence-electron chi connectivity index (χ2n) is 16.3. The lowest BCUT2D eigenvalue weighted by Crippen LogP contribution is -2.64. The molecule has 1 saturated carbocycles. The van der Waals surface area contributed by atoms with E-state index in [-0.39, 0.29) is 13.0 Å². The van der Waals surface area contributed by atoms with Crippen LogP contribution in [0.4, 0.5) is 0 Å². The number of unbranched alkanes of at least 4 members (excludes halogenated alkanes) is 27. The summed E-state index contributed by atoms with van der Waals surface area (Å²) in [4.78, 5) is 23.1. The fraction of sp³-hybridized carbons (Fsp3) is 0.977. The van der Waals surface area contributed by atoms with E-state index in [4.69, 9.17) is 18.5 Å². The van der Waals surface area contributed by atoms with Crippen LogP contribution in [0.15, 0.2) is 0 Å². The third-order valence-corrected chi connectivity index (χ3v) is 12.0. The van der Waals surface area contributed by atoms with Gasteiger partial charge in [0.2, 0.25) is 0 Å². The number of hydrogen-bond donors (Lipinski definition) is 6. The highest BCUT2D eigenvalue weighted by atomic mass is 31.2. The lowest BCUT2D eigenvalue weighted by Gasteiger charge is -2.41. The van der Waals surface area contributed by atoms with E-state index in [1.54, 1.807) is 0 Å². The fourth-order valence-corrected chi connectivity index (χ4v) is 8.27. The normalized spacial score (nSPS) is 22.9. The highest BCUT2D eigenvalue weighted by Gasteiger charge is 2.51. The first-order valence-electron chi connectivity index (χ1n) is 22.9. The minimum atomic E-state index is -5.00. The molecule has 0 bridgehead atoms. The SMILES string of the molecule is CCCCCCCCCCCCCCCCCCCCCOCC(COP(=O)(O)OC1C(O)C(O)C(O)C(O)C1O)OC(=O)CCCCCCCCCCCC. The number of esters is 1. The van der Waals surface area contributed by atoms with Crippen LogP contribution in [0.5, 0.6) is 0 Å². The van der Waals surface area contributed by atoms with Crippen LogP contribution < -0.4 is 0 Å². The number of phosphoric ester groups is 1. The van der Waals surface area contributed by atoms with E-state index in [9.17, 15) is 39.8 Å². The van der Waals surface area contributed by atoms with Gasteiger partial charge in [-0.15, -0.1) is 0 Å². The standard InChI is InChI=1S/C43H85O12P/c1-3-5-7-9-11-13-15-16-17-18-19-20-21-22-23-25-27-29-31-33-52-34-36(54-37(44)32-30-28-26-24-14-12-10-8-6-4-2)35-53-56(50,51)55-43-41(48)39(46)38(45)40(47)42(43)49/h36,38-43,45-49H,3-35H2,1-2H3,(H,50,51). The molecule has 6 unspecified atom stereocenters. The summed E-state index contributed by atoms with van der Waals surface area (Å²) in [6, 6.07) is 0. The molecule has 1 aliphatic carbocycles. The maximum atomic E-state index is 12.8. The molecule has 0 aromatic heterocycles. The Labute approximate surface area is 340 Å². The third kappa shape index (κ3) is 27.2. The molecule has 12 nitrogen and oxygen atoms in total. The van der Waals surface area contributed by atoms with Gasteiger partial charge in [0.25, 0.3) is 0 Å². The molecule has 0 aliphatic heterocycles. The largest absolute Gasteiger partial charge is 0.472 e. The molecule has 0 amide bonds. The molecular weight excluding hydrogens is 739 g/mol. The molecule has 0 radical (unpaired) electrons. The van der Waals surface area contributed by atoms with E-state index >= 15 is 0 Å². The molecule has 1 aliphatic rings. The summed E-state index contributed by atoms with van der Waals surface area (Å²) in [5.41, 5.74) is 0. The molecule has 1 fully saturated rings. The predicted octanol–water partition coefficient (Wildman–Crippen LogP) is 8.98. The van der Waals surface area contributed by atoms with Gasteiger partial charge in [-0.2, -0.15) is 0 Å². The first-order valence-corrected chi connectivity index (χ1v) is 24.4. The summed E-state index contributed by atoms with van der Waals surface area (Å²) in [5.74, 6) is -0.475. The molecule has 0 aromatic rings. The number of aliphatic hydroxyl groups excluding tert-OH is 5. The van der Waals surface area contributed by atoms with Gasteiger partial charge >= 0.3 is 13.8 Å². The third-order valence-electron chi connectivity index (χ3n) is 11.0. The van der Waals surface area contributed by atoms with Gasteiger partial charge in [0, 0.05) is 13.0 Å². The smallest absolute Gasteiger partial charge is 0.457 e. The van der Waals surface area contributed by atoms with Crippen molar-refractivity contribution in [1.82, 2.24) is 0 Å². The van der Waals surface area contributed by atoms with Crippen LogP contribution in [-0.4, -0.2) is 98.9 Å². The summed E-state index contributed by atoms with van der Waals surface area (Å²) in [5, 5.41) is 50.1. The van der Waals surface area contributed by atoms with Crippen molar-refractivity contribution in [1.29, 1.82) is 0 Å². The Morgan fingerprint density at radius 2 is 0.839 bits per heavy atom. The molecule has 56 heavy (non-hydrogen) atoms. The van der Waals surface area contributed by atoms with E-state index in [0.717, 1.165) is 38.5 Å². The van der Waals surface area contributed by atoms with Crippen molar-refractivity contribution in [2.24, 2.45) is 0 Å². The van der Waals surface area contributed by atoms with Crippen LogP contribution in [0.25, 0.3) is 0 Å². The molecule has 6 N–H and O–H groups in total. The van der Waals surface area contributed by atoms with E-state index in [1.165, 1.54) is 141 Å². The number of ether oxygens (including phenoxy) is 2. The van der Waals surface area contributed by atoms with Crippen molar-refractivity contribution < 1.29 is 58.3 Å². The number of hydrogen-bond acceptors (Lipinski definition) is 11. The van der Waals surface area contributed by atoms with Crippen LogP contribution in [0, 0.1) is 0 Å². The van der Waals surface area contributed by atoms with Gasteiger partial charge in [0.1, 0.15) is 42.7 Å². The molecule has 13 heteroatoms. The second kappa shape index (κ2) is 35.1. The van der Waals surface area contributed by atoms with Crippen LogP contribution in [0.3, 0.4) is 0 Å². The number of carbonyl (C=O) groups excluding carboxylic acids is 1. The van der Waals surface area contributed by atoms with E-state index < -0.39 is 63.1 Å². The average Bonchev–Trinajstić information content (AvgIpc) is 3.18. The molecule has 1 rings (SSSR count). The molecule has 6 atom stereocenters. The van der Waals surface area contributed by atoms with Gasteiger partial charge in [0.15, 0.2) is 0 Å². The number of carbonyl (C=O) groups is 1. The number of phosphoric acid groups is 1. The first kappa shape index (κ1) is 53.4. The van der Waals surface area contributed by atoms with Crippen molar-refractivity contribution in [3.63, 3.8) is 0 Å². The average molecular weight is 825 g/mol. The Morgan fingerprint density at radius 1 is 0.500 bits per heavy atom. The minimum absolute atomic E-state index is 0.0683. The van der Waals surface area contributed by atoms with Crippen molar-refractivity contribution in [3.05, 3.63) is 0 Å². The molecule has 0 saturated heterocycles. The molecule has 334 valence electrons. The Bertz CT molecular complexity index is 942. The first-order chi connectivity index (χ1) is 27.0. The predicted molar refractivity (Wildman–Crippen MR) is 221 cm³/mol. The number of rotatable bonds is 39. The summed E-state index contributed by atoms with van der Waals surface area (Å²) in [7, 11) is -5.00. The quantitative estimate of drug-likeness (QED) is 0.0196. The van der Waals surface area contributed by atoms with Crippen molar-refractivity contribution in [2.75, 3.05) is 19.8 Å². The van der Waals surface area contributed by atoms with Crippen LogP contribution in [0.2, 0.25) is 0 Å². The topological polar surface area (TPSA) is 192 Å². The minimum Gasteiger partial charge on any atom is -0.457 e. The Morgan fingerprint density at radius 3 is 1.23 bits per heavy atom. The highest BCUT2D eigenvalue weighted by Crippen LogP contribution is 2.47. The van der Waals surface area contributed by atoms with E-state index in [2.05, 4.69) is 13.8 Å². The molecule has 0 aromatic carbocycles. The zero-order chi connectivity index (χ0) is 41.3. The molecular formula is C43H85O12P. The van der Waals surface area contributed by atoms with Crippen molar-refractivity contribution in [3.8, 4) is 0 Å². The highest BCUT2D eigenvalue weighted by molar-refractivity contribution is 7.47. The fourth-order valence-electron chi connectivity index (χ4n) is 7.30. The van der Waals surface area contributed by atoms with E-state index in [0.29, 0.717) is 13.0 Å². The molecule has 0 spiro atoms. The lowest BCUT2D eigenvalue weighted by atomic mass is 9.85. The zero-order valence-electron chi connectivity index (χ0n) is 35.5. The Balaban J connectivity index is 2.33. The second-order valence-corrected chi connectivity index (χ2v) is 17.7. The monoisotopic (exact) mass is 825 g/mol. The summed E-state index contributed by atoms with van der Waals surface area (Å²) >= 11 is 0. The lowest BCUT2D eigenvalue weighted by molar-refractivity contribution is -0.220. The van der Waals surface area contributed by atoms with Gasteiger partial charge in [-0.3, -0.25) is 13.8 Å². The maximum Gasteiger partial charge on any atom is 0.472 e. The zero-order valence-corrected chi connectivity index (χ0v) is 36.4. The maximum absolute atomic E-state index is 12.8.